The lowest BCUT2D eigenvalue weighted by Crippen LogP contribution is -2.52. The zero-order chi connectivity index (χ0) is 27.6. The number of carbonyl (C=O) groups excluding carboxylic acids is 1. The van der Waals surface area contributed by atoms with E-state index in [9.17, 15) is 4.79 Å². The van der Waals surface area contributed by atoms with Crippen molar-refractivity contribution in [3.63, 3.8) is 0 Å². The molecule has 3 aromatic carbocycles. The van der Waals surface area contributed by atoms with Gasteiger partial charge in [0.05, 0.1) is 34.2 Å². The summed E-state index contributed by atoms with van der Waals surface area (Å²) in [5.74, 6) is 1.29. The number of imidazole rings is 1. The number of aromatic nitrogens is 2. The number of hydrogen-bond donors (Lipinski definition) is 0. The Morgan fingerprint density at radius 2 is 1.60 bits per heavy atom. The molecule has 0 unspecified atom stereocenters. The molecule has 1 aromatic heterocycles. The van der Waals surface area contributed by atoms with Crippen molar-refractivity contribution < 1.29 is 4.79 Å². The number of likely N-dealkylation sites (tertiary alicyclic amines) is 1. The molecule has 9 heteroatoms. The van der Waals surface area contributed by atoms with Crippen LogP contribution in [0.4, 0.5) is 5.69 Å². The van der Waals surface area contributed by atoms with E-state index in [-0.39, 0.29) is 11.8 Å². The third kappa shape index (κ3) is 5.96. The third-order valence-corrected chi connectivity index (χ3v) is 8.85. The van der Waals surface area contributed by atoms with E-state index in [2.05, 4.69) is 44.7 Å². The van der Waals surface area contributed by atoms with Crippen LogP contribution in [0.3, 0.4) is 0 Å². The standard InChI is InChI=1S/C31H32Cl3N5O/c32-24-9-7-22(8-10-24)19-39-28-6-2-1-5-27(28)35-30(39)21-36-13-3-4-23(20-36)31(40)38-16-14-37(15-17-38)29-18-25(33)11-12-26(29)34/h1-2,5-12,18,23H,3-4,13-17,19-21H2/t23-/m1/s1. The predicted octanol–water partition coefficient (Wildman–Crippen LogP) is 6.61. The minimum absolute atomic E-state index is 0.00384. The number of rotatable bonds is 6. The Morgan fingerprint density at radius 1 is 0.850 bits per heavy atom. The second kappa shape index (κ2) is 12.0. The molecule has 0 N–H and O–H groups in total. The lowest BCUT2D eigenvalue weighted by Gasteiger charge is -2.40. The molecule has 2 aliphatic heterocycles. The number of piperidine rings is 1. The van der Waals surface area contributed by atoms with Crippen LogP contribution >= 0.6 is 34.8 Å². The van der Waals surface area contributed by atoms with Crippen LogP contribution in [0.1, 0.15) is 24.2 Å². The molecule has 0 bridgehead atoms. The number of nitrogens with zero attached hydrogens (tertiary/aromatic N) is 5. The van der Waals surface area contributed by atoms with Gasteiger partial charge in [-0.25, -0.2) is 4.98 Å². The number of hydrogen-bond acceptors (Lipinski definition) is 4. The maximum absolute atomic E-state index is 13.6. The first-order valence-electron chi connectivity index (χ1n) is 13.8. The minimum atomic E-state index is 0.00384. The molecule has 208 valence electrons. The molecule has 0 spiro atoms. The number of benzene rings is 3. The average Bonchev–Trinajstić information content (AvgIpc) is 3.31. The Hall–Kier alpha value is -2.77. The van der Waals surface area contributed by atoms with Gasteiger partial charge in [0, 0.05) is 49.3 Å². The molecule has 0 saturated carbocycles. The minimum Gasteiger partial charge on any atom is -0.367 e. The molecule has 0 radical (unpaired) electrons. The quantitative estimate of drug-likeness (QED) is 0.251. The summed E-state index contributed by atoms with van der Waals surface area (Å²) in [5.41, 5.74) is 4.23. The number of amides is 1. The summed E-state index contributed by atoms with van der Waals surface area (Å²) < 4.78 is 2.30. The Morgan fingerprint density at radius 3 is 2.40 bits per heavy atom. The van der Waals surface area contributed by atoms with Gasteiger partial charge in [-0.1, -0.05) is 59.1 Å². The van der Waals surface area contributed by atoms with Crippen molar-refractivity contribution >= 4 is 57.4 Å². The zero-order valence-electron chi connectivity index (χ0n) is 22.3. The highest BCUT2D eigenvalue weighted by Gasteiger charge is 2.32. The van der Waals surface area contributed by atoms with Crippen molar-refractivity contribution in [3.05, 3.63) is 93.2 Å². The van der Waals surface area contributed by atoms with Crippen molar-refractivity contribution in [2.75, 3.05) is 44.2 Å². The number of carbonyl (C=O) groups is 1. The molecule has 3 heterocycles. The number of para-hydroxylation sites is 2. The van der Waals surface area contributed by atoms with Crippen molar-refractivity contribution in [2.24, 2.45) is 5.92 Å². The lowest BCUT2D eigenvalue weighted by molar-refractivity contribution is -0.137. The number of halogens is 3. The lowest BCUT2D eigenvalue weighted by atomic mass is 9.96. The Labute approximate surface area is 250 Å². The Kier molecular flexibility index (Phi) is 8.22. The van der Waals surface area contributed by atoms with Crippen LogP contribution in [-0.2, 0) is 17.9 Å². The average molecular weight is 597 g/mol. The molecule has 40 heavy (non-hydrogen) atoms. The van der Waals surface area contributed by atoms with E-state index in [0.29, 0.717) is 29.7 Å². The fourth-order valence-corrected chi connectivity index (χ4v) is 6.48. The van der Waals surface area contributed by atoms with E-state index >= 15 is 0 Å². The van der Waals surface area contributed by atoms with Gasteiger partial charge >= 0.3 is 0 Å². The van der Waals surface area contributed by atoms with Gasteiger partial charge in [0.2, 0.25) is 5.91 Å². The SMILES string of the molecule is O=C([C@@H]1CCCN(Cc2nc3ccccc3n2Cc2ccc(Cl)cc2)C1)N1CCN(c2cc(Cl)ccc2Cl)CC1. The van der Waals surface area contributed by atoms with Gasteiger partial charge in [0.1, 0.15) is 5.82 Å². The monoisotopic (exact) mass is 595 g/mol. The van der Waals surface area contributed by atoms with E-state index in [1.54, 1.807) is 6.07 Å². The molecule has 2 saturated heterocycles. The summed E-state index contributed by atoms with van der Waals surface area (Å²) in [7, 11) is 0. The predicted molar refractivity (Wildman–Crippen MR) is 164 cm³/mol. The normalized spacial score (nSPS) is 18.4. The molecule has 1 atom stereocenters. The van der Waals surface area contributed by atoms with Crippen LogP contribution in [0.15, 0.2) is 66.7 Å². The topological polar surface area (TPSA) is 44.6 Å². The molecule has 0 aliphatic carbocycles. The van der Waals surface area contributed by atoms with E-state index in [0.717, 1.165) is 73.1 Å². The zero-order valence-corrected chi connectivity index (χ0v) is 24.5. The Balaban J connectivity index is 1.12. The van der Waals surface area contributed by atoms with E-state index in [1.807, 2.05) is 35.2 Å². The van der Waals surface area contributed by atoms with Crippen molar-refractivity contribution in [2.45, 2.75) is 25.9 Å². The highest BCUT2D eigenvalue weighted by molar-refractivity contribution is 6.35. The fourth-order valence-electron chi connectivity index (χ4n) is 5.95. The summed E-state index contributed by atoms with van der Waals surface area (Å²) in [6, 6.07) is 21.8. The van der Waals surface area contributed by atoms with Gasteiger partial charge in [-0.15, -0.1) is 0 Å². The summed E-state index contributed by atoms with van der Waals surface area (Å²) >= 11 is 18.7. The fraction of sp³-hybridized carbons (Fsp3) is 0.355. The van der Waals surface area contributed by atoms with E-state index in [4.69, 9.17) is 39.8 Å². The molecule has 1 amide bonds. The largest absolute Gasteiger partial charge is 0.367 e. The highest BCUT2D eigenvalue weighted by Crippen LogP contribution is 2.30. The second-order valence-electron chi connectivity index (χ2n) is 10.7. The smallest absolute Gasteiger partial charge is 0.227 e. The van der Waals surface area contributed by atoms with Crippen LogP contribution in [-0.4, -0.2) is 64.5 Å². The summed E-state index contributed by atoms with van der Waals surface area (Å²) in [6.07, 6.45) is 1.93. The molecule has 2 fully saturated rings. The van der Waals surface area contributed by atoms with Gasteiger partial charge in [-0.05, 0) is 67.4 Å². The first kappa shape index (κ1) is 27.4. The summed E-state index contributed by atoms with van der Waals surface area (Å²) in [4.78, 5) is 25.2. The van der Waals surface area contributed by atoms with Crippen LogP contribution < -0.4 is 4.90 Å². The van der Waals surface area contributed by atoms with Crippen molar-refractivity contribution in [1.82, 2.24) is 19.4 Å². The van der Waals surface area contributed by atoms with Crippen LogP contribution in [0, 0.1) is 5.92 Å². The van der Waals surface area contributed by atoms with Gasteiger partial charge < -0.3 is 14.4 Å². The molecule has 4 aromatic rings. The molecule has 6 rings (SSSR count). The molecule has 2 aliphatic rings. The first-order valence-corrected chi connectivity index (χ1v) is 15.0. The van der Waals surface area contributed by atoms with Crippen molar-refractivity contribution in [3.8, 4) is 0 Å². The van der Waals surface area contributed by atoms with Crippen LogP contribution in [0.5, 0.6) is 0 Å². The highest BCUT2D eigenvalue weighted by atomic mass is 35.5. The van der Waals surface area contributed by atoms with Crippen LogP contribution in [0.2, 0.25) is 15.1 Å². The number of anilines is 1. The van der Waals surface area contributed by atoms with Gasteiger partial charge in [0.25, 0.3) is 0 Å². The van der Waals surface area contributed by atoms with Gasteiger partial charge in [0.15, 0.2) is 0 Å². The van der Waals surface area contributed by atoms with Crippen LogP contribution in [0.25, 0.3) is 11.0 Å². The summed E-state index contributed by atoms with van der Waals surface area (Å²) in [6.45, 7) is 6.04. The summed E-state index contributed by atoms with van der Waals surface area (Å²) in [5, 5.41) is 2.09. The maximum atomic E-state index is 13.6. The molecule has 6 nitrogen and oxygen atoms in total. The third-order valence-electron chi connectivity index (χ3n) is 8.05. The van der Waals surface area contributed by atoms with E-state index in [1.165, 1.54) is 5.56 Å². The van der Waals surface area contributed by atoms with Crippen molar-refractivity contribution in [1.29, 1.82) is 0 Å². The molecular weight excluding hydrogens is 565 g/mol. The van der Waals surface area contributed by atoms with Gasteiger partial charge in [-0.3, -0.25) is 9.69 Å². The number of piperazine rings is 1. The Bertz CT molecular complexity index is 1500. The first-order chi connectivity index (χ1) is 19.4. The van der Waals surface area contributed by atoms with E-state index < -0.39 is 0 Å². The maximum Gasteiger partial charge on any atom is 0.227 e. The molecular formula is C31H32Cl3N5O. The van der Waals surface area contributed by atoms with Gasteiger partial charge in [-0.2, -0.15) is 0 Å². The number of fused-ring (bicyclic) bond motifs is 1. The second-order valence-corrected chi connectivity index (χ2v) is 12.0.